The molecule has 0 spiro atoms. The first-order chi connectivity index (χ1) is 22.8. The lowest BCUT2D eigenvalue weighted by atomic mass is 9.87. The van der Waals surface area contributed by atoms with Crippen molar-refractivity contribution in [2.45, 2.75) is 12.2 Å². The maximum absolute atomic E-state index is 13.4. The first-order valence-electron chi connectivity index (χ1n) is 13.9. The van der Waals surface area contributed by atoms with Crippen LogP contribution in [0.25, 0.3) is 16.6 Å². The Hall–Kier alpha value is -6.08. The van der Waals surface area contributed by atoms with E-state index in [1.807, 2.05) is 6.07 Å². The van der Waals surface area contributed by atoms with Crippen LogP contribution >= 0.6 is 11.7 Å². The van der Waals surface area contributed by atoms with Gasteiger partial charge in [0.2, 0.25) is 5.75 Å². The van der Waals surface area contributed by atoms with Crippen LogP contribution in [0.3, 0.4) is 0 Å². The van der Waals surface area contributed by atoms with Gasteiger partial charge >= 0.3 is 5.97 Å². The van der Waals surface area contributed by atoms with Gasteiger partial charge < -0.3 is 24.1 Å². The number of carbonyl (C=O) groups excluding carboxylic acids is 2. The van der Waals surface area contributed by atoms with Crippen LogP contribution in [0.5, 0.6) is 17.2 Å². The number of hydrogen-bond donors (Lipinski definition) is 1. The van der Waals surface area contributed by atoms with Gasteiger partial charge in [-0.15, -0.1) is 0 Å². The zero-order valence-electron chi connectivity index (χ0n) is 25.4. The highest BCUT2D eigenvalue weighted by atomic mass is 32.1. The molecule has 0 bridgehead atoms. The molecule has 2 heterocycles. The number of nitriles is 2. The van der Waals surface area contributed by atoms with E-state index in [1.165, 1.54) is 21.3 Å². The van der Waals surface area contributed by atoms with E-state index in [1.54, 1.807) is 78.9 Å². The number of aliphatic hydroxyl groups is 1. The number of hydrogen-bond acceptors (Lipinski definition) is 12. The van der Waals surface area contributed by atoms with Crippen LogP contribution in [0.2, 0.25) is 0 Å². The largest absolute Gasteiger partial charge is 0.493 e. The smallest absolute Gasteiger partial charge is 0.342 e. The maximum atomic E-state index is 13.4. The lowest BCUT2D eigenvalue weighted by molar-refractivity contribution is -0.185. The Balaban J connectivity index is 0.000000371. The number of aromatic nitrogens is 2. The normalized spacial score (nSPS) is 15.1. The SMILES string of the molecule is COc1cc(C2(O)OC(=O)C(c3ccc4nsnc4c3)=C2Cc2ccc(C#N)cc2)cc(OC)c1OC.N#Cc1ccc(C=O)cc1. The quantitative estimate of drug-likeness (QED) is 0.170. The van der Waals surface area contributed by atoms with Gasteiger partial charge in [-0.3, -0.25) is 4.79 Å². The fourth-order valence-electron chi connectivity index (χ4n) is 5.02. The summed E-state index contributed by atoms with van der Waals surface area (Å²) in [5, 5.41) is 29.6. The molecule has 234 valence electrons. The summed E-state index contributed by atoms with van der Waals surface area (Å²) >= 11 is 1.07. The van der Waals surface area contributed by atoms with Gasteiger partial charge in [0.05, 0.1) is 61.9 Å². The summed E-state index contributed by atoms with van der Waals surface area (Å²) < 4.78 is 30.5. The van der Waals surface area contributed by atoms with Crippen molar-refractivity contribution in [1.29, 1.82) is 10.5 Å². The summed E-state index contributed by atoms with van der Waals surface area (Å²) in [5.74, 6) is -1.91. The third-order valence-corrected chi connectivity index (χ3v) is 7.95. The Morgan fingerprint density at radius 2 is 1.45 bits per heavy atom. The molecule has 1 aromatic heterocycles. The Morgan fingerprint density at radius 3 is 2.00 bits per heavy atom. The standard InChI is InChI=1S/C27H21N3O6S.C8H5NO/c1-33-22-12-18(13-23(34-2)25(22)35-3)27(32)19(10-15-4-6-16(14-28)7-5-15)24(26(31)36-27)17-8-9-20-21(11-17)30-37-29-20;9-5-7-1-3-8(6-10)4-2-7/h4-9,11-13,32H,10H2,1-3H3;1-4,6H. The van der Waals surface area contributed by atoms with Gasteiger partial charge in [-0.25, -0.2) is 4.79 Å². The summed E-state index contributed by atoms with van der Waals surface area (Å²) in [5.41, 5.74) is 5.07. The van der Waals surface area contributed by atoms with Gasteiger partial charge in [-0.2, -0.15) is 19.3 Å². The number of benzene rings is 4. The van der Waals surface area contributed by atoms with Crippen LogP contribution in [0, 0.1) is 22.7 Å². The van der Waals surface area contributed by atoms with E-state index >= 15 is 0 Å². The minimum absolute atomic E-state index is 0.160. The van der Waals surface area contributed by atoms with E-state index in [0.717, 1.165) is 23.6 Å². The fourth-order valence-corrected chi connectivity index (χ4v) is 5.54. The number of ether oxygens (including phenoxy) is 4. The Bertz CT molecular complexity index is 2050. The number of rotatable bonds is 8. The van der Waals surface area contributed by atoms with Crippen molar-refractivity contribution in [3.05, 3.63) is 118 Å². The summed E-state index contributed by atoms with van der Waals surface area (Å²) in [7, 11) is 4.39. The number of fused-ring (bicyclic) bond motifs is 1. The van der Waals surface area contributed by atoms with Gasteiger partial charge in [-0.1, -0.05) is 30.3 Å². The third kappa shape index (κ3) is 6.51. The lowest BCUT2D eigenvalue weighted by Gasteiger charge is -2.27. The van der Waals surface area contributed by atoms with Crippen LogP contribution in [0.4, 0.5) is 0 Å². The second kappa shape index (κ2) is 13.9. The molecule has 11 nitrogen and oxygen atoms in total. The molecule has 0 aliphatic carbocycles. The Labute approximate surface area is 273 Å². The molecule has 6 rings (SSSR count). The molecule has 0 radical (unpaired) electrons. The molecule has 47 heavy (non-hydrogen) atoms. The van der Waals surface area contributed by atoms with Gasteiger partial charge in [-0.05, 0) is 59.7 Å². The van der Waals surface area contributed by atoms with E-state index < -0.39 is 11.8 Å². The van der Waals surface area contributed by atoms with E-state index in [-0.39, 0.29) is 17.6 Å². The van der Waals surface area contributed by atoms with Crippen molar-refractivity contribution in [1.82, 2.24) is 8.75 Å². The topological polar surface area (TPSA) is 165 Å². The molecule has 1 unspecified atom stereocenters. The molecule has 12 heteroatoms. The molecule has 1 atom stereocenters. The van der Waals surface area contributed by atoms with Crippen LogP contribution in [0.15, 0.2) is 84.4 Å². The molecular formula is C35H26N4O7S. The Morgan fingerprint density at radius 1 is 0.851 bits per heavy atom. The van der Waals surface area contributed by atoms with Crippen molar-refractivity contribution >= 4 is 40.6 Å². The average molecular weight is 647 g/mol. The lowest BCUT2D eigenvalue weighted by Crippen LogP contribution is -2.30. The summed E-state index contributed by atoms with van der Waals surface area (Å²) in [6.45, 7) is 0. The number of methoxy groups -OCH3 is 3. The first kappa shape index (κ1) is 32.3. The number of cyclic esters (lactones) is 1. The van der Waals surface area contributed by atoms with E-state index in [0.29, 0.717) is 56.1 Å². The third-order valence-electron chi connectivity index (χ3n) is 7.39. The van der Waals surface area contributed by atoms with Gasteiger partial charge in [0.25, 0.3) is 5.79 Å². The molecule has 5 aromatic rings. The van der Waals surface area contributed by atoms with E-state index in [2.05, 4.69) is 14.8 Å². The fraction of sp³-hybridized carbons (Fsp3) is 0.143. The molecule has 0 saturated carbocycles. The molecule has 0 saturated heterocycles. The van der Waals surface area contributed by atoms with Crippen molar-refractivity contribution in [3.63, 3.8) is 0 Å². The van der Waals surface area contributed by atoms with Crippen LogP contribution < -0.4 is 14.2 Å². The average Bonchev–Trinajstić information content (AvgIpc) is 3.69. The minimum atomic E-state index is -2.14. The van der Waals surface area contributed by atoms with Crippen LogP contribution in [-0.2, 0) is 21.7 Å². The molecule has 0 amide bonds. The predicted octanol–water partition coefficient (Wildman–Crippen LogP) is 5.36. The van der Waals surface area contributed by atoms with E-state index in [4.69, 9.17) is 24.2 Å². The van der Waals surface area contributed by atoms with Crippen LogP contribution in [0.1, 0.15) is 38.2 Å². The van der Waals surface area contributed by atoms with Crippen molar-refractivity contribution < 1.29 is 33.6 Å². The van der Waals surface area contributed by atoms with Crippen molar-refractivity contribution in [2.75, 3.05) is 21.3 Å². The van der Waals surface area contributed by atoms with Crippen molar-refractivity contribution in [3.8, 4) is 29.4 Å². The van der Waals surface area contributed by atoms with Gasteiger partial charge in [0.1, 0.15) is 17.3 Å². The molecular weight excluding hydrogens is 620 g/mol. The van der Waals surface area contributed by atoms with E-state index in [9.17, 15) is 20.0 Å². The second-order valence-corrected chi connectivity index (χ2v) is 10.6. The summed E-state index contributed by atoms with van der Waals surface area (Å²) in [4.78, 5) is 23.5. The molecule has 4 aromatic carbocycles. The molecule has 1 aliphatic rings. The zero-order valence-corrected chi connectivity index (χ0v) is 26.2. The van der Waals surface area contributed by atoms with Crippen molar-refractivity contribution in [2.24, 2.45) is 0 Å². The summed E-state index contributed by atoms with van der Waals surface area (Å²) in [6.07, 6.45) is 0.911. The molecule has 1 aliphatic heterocycles. The minimum Gasteiger partial charge on any atom is -0.493 e. The molecule has 0 fully saturated rings. The first-order valence-corrected chi connectivity index (χ1v) is 14.7. The zero-order chi connectivity index (χ0) is 33.6. The number of esters is 1. The highest BCUT2D eigenvalue weighted by Crippen LogP contribution is 2.49. The van der Waals surface area contributed by atoms with Gasteiger partial charge in [0, 0.05) is 23.1 Å². The second-order valence-electron chi connectivity index (χ2n) is 10.1. The van der Waals surface area contributed by atoms with Crippen LogP contribution in [-0.4, -0.2) is 47.4 Å². The maximum Gasteiger partial charge on any atom is 0.342 e. The Kier molecular flexibility index (Phi) is 9.57. The molecule has 1 N–H and O–H groups in total. The number of aldehydes is 1. The highest BCUT2D eigenvalue weighted by Gasteiger charge is 2.49. The number of carbonyl (C=O) groups is 2. The number of nitrogens with zero attached hydrogens (tertiary/aromatic N) is 4. The summed E-state index contributed by atoms with van der Waals surface area (Å²) in [6, 6.07) is 25.8. The van der Waals surface area contributed by atoms with Gasteiger partial charge in [0.15, 0.2) is 11.5 Å². The monoisotopic (exact) mass is 646 g/mol. The highest BCUT2D eigenvalue weighted by molar-refractivity contribution is 7.00. The predicted molar refractivity (Wildman–Crippen MR) is 172 cm³/mol.